The normalized spacial score (nSPS) is 17.8. The number of piperazine rings is 1. The molecule has 0 aromatic heterocycles. The molecule has 1 saturated heterocycles. The van der Waals surface area contributed by atoms with Gasteiger partial charge in [0, 0.05) is 61.6 Å². The molecule has 0 saturated carbocycles. The van der Waals surface area contributed by atoms with Gasteiger partial charge in [-0.25, -0.2) is 4.79 Å². The van der Waals surface area contributed by atoms with E-state index in [2.05, 4.69) is 5.32 Å². The molecule has 1 heterocycles. The number of carboxylic acids is 1. The van der Waals surface area contributed by atoms with Gasteiger partial charge in [-0.2, -0.15) is 0 Å². The van der Waals surface area contributed by atoms with Crippen molar-refractivity contribution in [1.82, 2.24) is 15.1 Å². The summed E-state index contributed by atoms with van der Waals surface area (Å²) >= 11 is 0. The highest BCUT2D eigenvalue weighted by atomic mass is 32.2. The molecule has 0 bridgehead atoms. The third-order valence-electron chi connectivity index (χ3n) is 3.23. The van der Waals surface area contributed by atoms with E-state index < -0.39 is 16.8 Å². The quantitative estimate of drug-likeness (QED) is 0.665. The first kappa shape index (κ1) is 16.9. The van der Waals surface area contributed by atoms with Crippen molar-refractivity contribution in [1.29, 1.82) is 0 Å². The van der Waals surface area contributed by atoms with E-state index in [1.165, 1.54) is 0 Å². The summed E-state index contributed by atoms with van der Waals surface area (Å²) in [5.74, 6) is 0.299. The topological polar surface area (TPSA) is 90.0 Å². The number of urea groups is 1. The van der Waals surface area contributed by atoms with E-state index in [1.807, 2.05) is 11.8 Å². The Morgan fingerprint density at radius 1 is 1.25 bits per heavy atom. The molecular formula is C12H23N3O4S. The molecular weight excluding hydrogens is 282 g/mol. The second-order valence-corrected chi connectivity index (χ2v) is 6.50. The SMILES string of the molecule is CCS(=O)CCNC(=O)N1CCN(CCC(=O)O)CC1. The predicted molar refractivity (Wildman–Crippen MR) is 77.2 cm³/mol. The molecule has 0 spiro atoms. The highest BCUT2D eigenvalue weighted by Gasteiger charge is 2.20. The predicted octanol–water partition coefficient (Wildman–Crippen LogP) is -0.443. The third-order valence-corrected chi connectivity index (χ3v) is 4.53. The minimum absolute atomic E-state index is 0.129. The average Bonchev–Trinajstić information content (AvgIpc) is 2.45. The zero-order valence-electron chi connectivity index (χ0n) is 11.8. The zero-order chi connectivity index (χ0) is 15.0. The Labute approximate surface area is 121 Å². The van der Waals surface area contributed by atoms with Gasteiger partial charge in [0.2, 0.25) is 0 Å². The van der Waals surface area contributed by atoms with Crippen LogP contribution in [0.5, 0.6) is 0 Å². The molecule has 20 heavy (non-hydrogen) atoms. The van der Waals surface area contributed by atoms with E-state index in [4.69, 9.17) is 5.11 Å². The number of carbonyl (C=O) groups is 2. The number of hydrogen-bond donors (Lipinski definition) is 2. The summed E-state index contributed by atoms with van der Waals surface area (Å²) in [7, 11) is -0.858. The molecule has 1 atom stereocenters. The van der Waals surface area contributed by atoms with E-state index in [0.29, 0.717) is 50.8 Å². The Hall–Kier alpha value is -1.15. The summed E-state index contributed by atoms with van der Waals surface area (Å²) in [5.41, 5.74) is 0. The molecule has 7 nitrogen and oxygen atoms in total. The van der Waals surface area contributed by atoms with Gasteiger partial charge in [0.25, 0.3) is 0 Å². The smallest absolute Gasteiger partial charge is 0.317 e. The van der Waals surface area contributed by atoms with Gasteiger partial charge in [-0.05, 0) is 0 Å². The first-order chi connectivity index (χ1) is 9.52. The van der Waals surface area contributed by atoms with Crippen molar-refractivity contribution in [2.24, 2.45) is 0 Å². The van der Waals surface area contributed by atoms with Gasteiger partial charge in [0.1, 0.15) is 0 Å². The number of nitrogens with one attached hydrogen (secondary N) is 1. The van der Waals surface area contributed by atoms with Crippen molar-refractivity contribution in [3.8, 4) is 0 Å². The lowest BCUT2D eigenvalue weighted by atomic mass is 10.3. The average molecular weight is 305 g/mol. The number of nitrogens with zero attached hydrogens (tertiary/aromatic N) is 2. The number of amides is 2. The van der Waals surface area contributed by atoms with E-state index in [0.717, 1.165) is 0 Å². The largest absolute Gasteiger partial charge is 0.481 e. The summed E-state index contributed by atoms with van der Waals surface area (Å²) in [6.45, 7) is 5.40. The van der Waals surface area contributed by atoms with Crippen molar-refractivity contribution >= 4 is 22.8 Å². The fraction of sp³-hybridized carbons (Fsp3) is 0.833. The standard InChI is InChI=1S/C12H23N3O4S/c1-2-20(19)10-4-13-12(18)15-8-6-14(7-9-15)5-3-11(16)17/h2-10H2,1H3,(H,13,18)(H,16,17). The Morgan fingerprint density at radius 3 is 2.45 bits per heavy atom. The van der Waals surface area contributed by atoms with Gasteiger partial charge >= 0.3 is 12.0 Å². The molecule has 0 aromatic rings. The lowest BCUT2D eigenvalue weighted by Gasteiger charge is -2.34. The van der Waals surface area contributed by atoms with Crippen molar-refractivity contribution < 1.29 is 18.9 Å². The maximum Gasteiger partial charge on any atom is 0.317 e. The molecule has 1 aliphatic rings. The van der Waals surface area contributed by atoms with Gasteiger partial charge in [0.05, 0.1) is 6.42 Å². The highest BCUT2D eigenvalue weighted by molar-refractivity contribution is 7.84. The molecule has 1 unspecified atom stereocenters. The van der Waals surface area contributed by atoms with Crippen LogP contribution in [0.15, 0.2) is 0 Å². The molecule has 116 valence electrons. The Balaban J connectivity index is 2.18. The minimum Gasteiger partial charge on any atom is -0.481 e. The fourth-order valence-electron chi connectivity index (χ4n) is 1.96. The molecule has 2 N–H and O–H groups in total. The fourth-order valence-corrected chi connectivity index (χ4v) is 2.57. The Morgan fingerprint density at radius 2 is 1.90 bits per heavy atom. The number of carbonyl (C=O) groups excluding carboxylic acids is 1. The zero-order valence-corrected chi connectivity index (χ0v) is 12.7. The number of aliphatic carboxylic acids is 1. The highest BCUT2D eigenvalue weighted by Crippen LogP contribution is 2.02. The van der Waals surface area contributed by atoms with Crippen molar-refractivity contribution in [3.63, 3.8) is 0 Å². The van der Waals surface area contributed by atoms with E-state index >= 15 is 0 Å². The van der Waals surface area contributed by atoms with Crippen LogP contribution in [-0.4, -0.2) is 81.9 Å². The Bertz CT molecular complexity index is 357. The van der Waals surface area contributed by atoms with Crippen molar-refractivity contribution in [2.75, 3.05) is 50.8 Å². The van der Waals surface area contributed by atoms with Gasteiger partial charge in [-0.3, -0.25) is 13.9 Å². The third kappa shape index (κ3) is 6.33. The van der Waals surface area contributed by atoms with E-state index in [9.17, 15) is 13.8 Å². The monoisotopic (exact) mass is 305 g/mol. The van der Waals surface area contributed by atoms with Crippen molar-refractivity contribution in [3.05, 3.63) is 0 Å². The number of carboxylic acid groups (broad SMARTS) is 1. The lowest BCUT2D eigenvalue weighted by Crippen LogP contribution is -2.52. The maximum atomic E-state index is 11.8. The molecule has 1 fully saturated rings. The molecule has 1 rings (SSSR count). The van der Waals surface area contributed by atoms with Crippen LogP contribution in [0.25, 0.3) is 0 Å². The van der Waals surface area contributed by atoms with Crippen LogP contribution < -0.4 is 5.32 Å². The van der Waals surface area contributed by atoms with Gasteiger partial charge < -0.3 is 15.3 Å². The molecule has 2 amide bonds. The molecule has 0 aliphatic carbocycles. The summed E-state index contributed by atoms with van der Waals surface area (Å²) in [6.07, 6.45) is 0.134. The molecule has 8 heteroatoms. The van der Waals surface area contributed by atoms with Gasteiger partial charge in [-0.1, -0.05) is 6.92 Å². The molecule has 0 radical (unpaired) electrons. The summed E-state index contributed by atoms with van der Waals surface area (Å²) in [4.78, 5) is 26.1. The van der Waals surface area contributed by atoms with Crippen LogP contribution in [-0.2, 0) is 15.6 Å². The van der Waals surface area contributed by atoms with Crippen LogP contribution in [0.4, 0.5) is 4.79 Å². The maximum absolute atomic E-state index is 11.8. The van der Waals surface area contributed by atoms with Crippen LogP contribution >= 0.6 is 0 Å². The van der Waals surface area contributed by atoms with Crippen LogP contribution in [0.1, 0.15) is 13.3 Å². The second-order valence-electron chi connectivity index (χ2n) is 4.64. The first-order valence-electron chi connectivity index (χ1n) is 6.84. The second kappa shape index (κ2) is 8.91. The van der Waals surface area contributed by atoms with E-state index in [1.54, 1.807) is 4.90 Å². The van der Waals surface area contributed by atoms with Crippen LogP contribution in [0.3, 0.4) is 0 Å². The van der Waals surface area contributed by atoms with Crippen LogP contribution in [0.2, 0.25) is 0 Å². The van der Waals surface area contributed by atoms with Crippen LogP contribution in [0, 0.1) is 0 Å². The lowest BCUT2D eigenvalue weighted by molar-refractivity contribution is -0.137. The first-order valence-corrected chi connectivity index (χ1v) is 8.33. The number of hydrogen-bond acceptors (Lipinski definition) is 4. The van der Waals surface area contributed by atoms with Crippen molar-refractivity contribution in [2.45, 2.75) is 13.3 Å². The molecule has 0 aromatic carbocycles. The summed E-state index contributed by atoms with van der Waals surface area (Å²) in [6, 6.07) is -0.129. The van der Waals surface area contributed by atoms with E-state index in [-0.39, 0.29) is 12.5 Å². The van der Waals surface area contributed by atoms with Gasteiger partial charge in [-0.15, -0.1) is 0 Å². The van der Waals surface area contributed by atoms with Gasteiger partial charge in [0.15, 0.2) is 0 Å². The minimum atomic E-state index is -0.858. The summed E-state index contributed by atoms with van der Waals surface area (Å²) < 4.78 is 11.2. The number of rotatable bonds is 7. The molecule has 1 aliphatic heterocycles. The summed E-state index contributed by atoms with van der Waals surface area (Å²) in [5, 5.41) is 11.4. The Kier molecular flexibility index (Phi) is 7.53.